The predicted molar refractivity (Wildman–Crippen MR) is 50.3 cm³/mol. The van der Waals surface area contributed by atoms with Crippen molar-refractivity contribution in [1.29, 1.82) is 0 Å². The van der Waals surface area contributed by atoms with Crippen LogP contribution in [0.1, 0.15) is 5.76 Å². The molecule has 0 aliphatic carbocycles. The van der Waals surface area contributed by atoms with E-state index >= 15 is 0 Å². The smallest absolute Gasteiger partial charge is 0.122 e. The van der Waals surface area contributed by atoms with Gasteiger partial charge in [-0.1, -0.05) is 0 Å². The highest BCUT2D eigenvalue weighted by Crippen LogP contribution is 2.06. The molecule has 3 heteroatoms. The fraction of sp³-hybridized carbons (Fsp3) is 0.100. The maximum Gasteiger partial charge on any atom is 0.122 e. The maximum atomic E-state index is 5.17. The van der Waals surface area contributed by atoms with Crippen LogP contribution < -0.4 is 5.32 Å². The van der Waals surface area contributed by atoms with Crippen LogP contribution in [0.25, 0.3) is 0 Å². The Morgan fingerprint density at radius 1 is 1.31 bits per heavy atom. The van der Waals surface area contributed by atoms with Crippen molar-refractivity contribution in [3.8, 4) is 0 Å². The zero-order chi connectivity index (χ0) is 8.93. The van der Waals surface area contributed by atoms with E-state index in [1.807, 2.05) is 24.3 Å². The number of hydrogen-bond acceptors (Lipinski definition) is 3. The molecule has 2 aromatic heterocycles. The van der Waals surface area contributed by atoms with Gasteiger partial charge in [-0.3, -0.25) is 4.98 Å². The maximum absolute atomic E-state index is 5.17. The van der Waals surface area contributed by atoms with Crippen molar-refractivity contribution >= 4 is 5.69 Å². The molecule has 13 heavy (non-hydrogen) atoms. The van der Waals surface area contributed by atoms with Crippen LogP contribution in [0.3, 0.4) is 0 Å². The molecule has 0 atom stereocenters. The van der Waals surface area contributed by atoms with Gasteiger partial charge in [0.1, 0.15) is 5.76 Å². The highest BCUT2D eigenvalue weighted by molar-refractivity contribution is 5.39. The van der Waals surface area contributed by atoms with Crippen molar-refractivity contribution in [1.82, 2.24) is 4.98 Å². The summed E-state index contributed by atoms with van der Waals surface area (Å²) in [5, 5.41) is 3.19. The molecule has 1 N–H and O–H groups in total. The van der Waals surface area contributed by atoms with Crippen molar-refractivity contribution in [3.05, 3.63) is 48.7 Å². The second-order valence-electron chi connectivity index (χ2n) is 2.67. The Morgan fingerprint density at radius 3 is 3.00 bits per heavy atom. The lowest BCUT2D eigenvalue weighted by atomic mass is 10.4. The van der Waals surface area contributed by atoms with Gasteiger partial charge in [0, 0.05) is 12.4 Å². The van der Waals surface area contributed by atoms with E-state index in [2.05, 4.69) is 10.3 Å². The molecular weight excluding hydrogens is 164 g/mol. The van der Waals surface area contributed by atoms with E-state index in [1.165, 1.54) is 0 Å². The molecule has 0 saturated carbocycles. The summed E-state index contributed by atoms with van der Waals surface area (Å²) in [6.07, 6.45) is 5.20. The number of hydrogen-bond donors (Lipinski definition) is 1. The van der Waals surface area contributed by atoms with Crippen LogP contribution in [-0.2, 0) is 6.54 Å². The van der Waals surface area contributed by atoms with Crippen LogP contribution in [0.15, 0.2) is 47.3 Å². The highest BCUT2D eigenvalue weighted by Gasteiger charge is 1.94. The number of nitrogens with one attached hydrogen (secondary N) is 1. The number of furan rings is 1. The summed E-state index contributed by atoms with van der Waals surface area (Å²) in [5.74, 6) is 0.920. The van der Waals surface area contributed by atoms with Crippen LogP contribution in [0.2, 0.25) is 0 Å². The summed E-state index contributed by atoms with van der Waals surface area (Å²) in [4.78, 5) is 3.99. The fourth-order valence-electron chi connectivity index (χ4n) is 1.07. The van der Waals surface area contributed by atoms with Gasteiger partial charge >= 0.3 is 0 Å². The Labute approximate surface area is 76.4 Å². The van der Waals surface area contributed by atoms with Gasteiger partial charge in [0.15, 0.2) is 0 Å². The lowest BCUT2D eigenvalue weighted by molar-refractivity contribution is 0.518. The molecule has 2 rings (SSSR count). The SMILES string of the molecule is c1cncc(NCc2ccco2)c1. The molecule has 3 nitrogen and oxygen atoms in total. The first kappa shape index (κ1) is 7.86. The molecule has 0 bridgehead atoms. The van der Waals surface area contributed by atoms with Gasteiger partial charge in [0.05, 0.1) is 18.5 Å². The quantitative estimate of drug-likeness (QED) is 0.775. The van der Waals surface area contributed by atoms with E-state index in [9.17, 15) is 0 Å². The number of nitrogens with zero attached hydrogens (tertiary/aromatic N) is 1. The van der Waals surface area contributed by atoms with Gasteiger partial charge in [-0.2, -0.15) is 0 Å². The van der Waals surface area contributed by atoms with Crippen molar-refractivity contribution < 1.29 is 4.42 Å². The molecule has 0 amide bonds. The topological polar surface area (TPSA) is 38.1 Å². The Bertz CT molecular complexity index is 342. The van der Waals surface area contributed by atoms with Crippen molar-refractivity contribution in [2.45, 2.75) is 6.54 Å². The summed E-state index contributed by atoms with van der Waals surface area (Å²) < 4.78 is 5.17. The van der Waals surface area contributed by atoms with E-state index in [0.29, 0.717) is 6.54 Å². The first-order valence-electron chi connectivity index (χ1n) is 4.11. The second-order valence-corrected chi connectivity index (χ2v) is 2.67. The van der Waals surface area contributed by atoms with Crippen molar-refractivity contribution in [3.63, 3.8) is 0 Å². The monoisotopic (exact) mass is 174 g/mol. The van der Waals surface area contributed by atoms with Gasteiger partial charge in [0.2, 0.25) is 0 Å². The van der Waals surface area contributed by atoms with Gasteiger partial charge in [-0.15, -0.1) is 0 Å². The molecule has 0 unspecified atom stereocenters. The Hall–Kier alpha value is -1.77. The molecule has 2 aromatic rings. The molecule has 0 aromatic carbocycles. The van der Waals surface area contributed by atoms with Crippen LogP contribution >= 0.6 is 0 Å². The zero-order valence-electron chi connectivity index (χ0n) is 7.10. The van der Waals surface area contributed by atoms with Crippen molar-refractivity contribution in [2.75, 3.05) is 5.32 Å². The van der Waals surface area contributed by atoms with E-state index < -0.39 is 0 Å². The number of anilines is 1. The molecule has 0 radical (unpaired) electrons. The van der Waals surface area contributed by atoms with Crippen LogP contribution in [0, 0.1) is 0 Å². The minimum absolute atomic E-state index is 0.693. The third kappa shape index (κ3) is 2.08. The molecule has 0 aliphatic heterocycles. The zero-order valence-corrected chi connectivity index (χ0v) is 7.10. The third-order valence-corrected chi connectivity index (χ3v) is 1.71. The molecule has 0 saturated heterocycles. The summed E-state index contributed by atoms with van der Waals surface area (Å²) in [6, 6.07) is 7.67. The van der Waals surface area contributed by atoms with Gasteiger partial charge in [-0.25, -0.2) is 0 Å². The highest BCUT2D eigenvalue weighted by atomic mass is 16.3. The van der Waals surface area contributed by atoms with Crippen LogP contribution in [-0.4, -0.2) is 4.98 Å². The van der Waals surface area contributed by atoms with E-state index in [-0.39, 0.29) is 0 Å². The van der Waals surface area contributed by atoms with Crippen LogP contribution in [0.4, 0.5) is 5.69 Å². The van der Waals surface area contributed by atoms with E-state index in [0.717, 1.165) is 11.4 Å². The number of pyridine rings is 1. The third-order valence-electron chi connectivity index (χ3n) is 1.71. The molecule has 66 valence electrons. The fourth-order valence-corrected chi connectivity index (χ4v) is 1.07. The van der Waals surface area contributed by atoms with E-state index in [4.69, 9.17) is 4.42 Å². The van der Waals surface area contributed by atoms with Gasteiger partial charge in [-0.05, 0) is 24.3 Å². The number of rotatable bonds is 3. The molecule has 2 heterocycles. The lowest BCUT2D eigenvalue weighted by Crippen LogP contribution is -1.97. The van der Waals surface area contributed by atoms with Gasteiger partial charge in [0.25, 0.3) is 0 Å². The summed E-state index contributed by atoms with van der Waals surface area (Å²) in [7, 11) is 0. The normalized spacial score (nSPS) is 9.85. The Kier molecular flexibility index (Phi) is 2.27. The minimum atomic E-state index is 0.693. The summed E-state index contributed by atoms with van der Waals surface area (Å²) in [6.45, 7) is 0.693. The second kappa shape index (κ2) is 3.76. The van der Waals surface area contributed by atoms with Crippen molar-refractivity contribution in [2.24, 2.45) is 0 Å². The predicted octanol–water partition coefficient (Wildman–Crippen LogP) is 2.29. The lowest BCUT2D eigenvalue weighted by Gasteiger charge is -2.01. The molecule has 0 fully saturated rings. The average molecular weight is 174 g/mol. The minimum Gasteiger partial charge on any atom is -0.467 e. The Morgan fingerprint density at radius 2 is 2.31 bits per heavy atom. The first-order chi connectivity index (χ1) is 6.45. The largest absolute Gasteiger partial charge is 0.467 e. The molecule has 0 aliphatic rings. The summed E-state index contributed by atoms with van der Waals surface area (Å²) >= 11 is 0. The molecular formula is C10H10N2O. The number of aromatic nitrogens is 1. The molecule has 0 spiro atoms. The summed E-state index contributed by atoms with van der Waals surface area (Å²) in [5.41, 5.74) is 0.999. The van der Waals surface area contributed by atoms with Gasteiger partial charge < -0.3 is 9.73 Å². The first-order valence-corrected chi connectivity index (χ1v) is 4.11. The standard InChI is InChI=1S/C10H10N2O/c1-3-9(7-11-5-1)12-8-10-4-2-6-13-10/h1-7,12H,8H2. The van der Waals surface area contributed by atoms with E-state index in [1.54, 1.807) is 18.7 Å². The van der Waals surface area contributed by atoms with Crippen LogP contribution in [0.5, 0.6) is 0 Å². The Balaban J connectivity index is 1.94. The average Bonchev–Trinajstić information content (AvgIpc) is 2.69.